The second-order valence-corrected chi connectivity index (χ2v) is 5.88. The average Bonchev–Trinajstić information content (AvgIpc) is 2.90. The van der Waals surface area contributed by atoms with Gasteiger partial charge in [-0.15, -0.1) is 13.2 Å². The van der Waals surface area contributed by atoms with Crippen molar-refractivity contribution in [3.05, 3.63) is 53.6 Å². The summed E-state index contributed by atoms with van der Waals surface area (Å²) in [6, 6.07) is 7.35. The van der Waals surface area contributed by atoms with Gasteiger partial charge < -0.3 is 14.8 Å². The van der Waals surface area contributed by atoms with Crippen molar-refractivity contribution in [2.24, 2.45) is 0 Å². The molecule has 0 radical (unpaired) electrons. The van der Waals surface area contributed by atoms with E-state index < -0.39 is 36.2 Å². The van der Waals surface area contributed by atoms with Crippen molar-refractivity contribution in [2.75, 3.05) is 0 Å². The molecule has 0 unspecified atom stereocenters. The maximum Gasteiger partial charge on any atom is 0.573 e. The molecule has 28 heavy (non-hydrogen) atoms. The Kier molecular flexibility index (Phi) is 4.74. The third kappa shape index (κ3) is 4.21. The Morgan fingerprint density at radius 3 is 2.18 bits per heavy atom. The zero-order valence-corrected chi connectivity index (χ0v) is 13.8. The van der Waals surface area contributed by atoms with Crippen LogP contribution < -0.4 is 4.74 Å². The Labute approximate surface area is 153 Å². The normalized spacial score (nSPS) is 12.4. The number of aliphatic carboxylic acids is 1. The van der Waals surface area contributed by atoms with Crippen molar-refractivity contribution in [1.82, 2.24) is 4.98 Å². The van der Waals surface area contributed by atoms with Crippen molar-refractivity contribution in [3.8, 4) is 17.0 Å². The number of benzene rings is 2. The van der Waals surface area contributed by atoms with Crippen LogP contribution in [0.5, 0.6) is 5.75 Å². The summed E-state index contributed by atoms with van der Waals surface area (Å²) in [5.74, 6) is -1.79. The summed E-state index contributed by atoms with van der Waals surface area (Å²) in [6.07, 6.45) is -10.0. The van der Waals surface area contributed by atoms with Gasteiger partial charge in [-0.3, -0.25) is 4.79 Å². The van der Waals surface area contributed by atoms with Gasteiger partial charge in [0.2, 0.25) is 0 Å². The molecule has 0 fully saturated rings. The third-order valence-electron chi connectivity index (χ3n) is 3.94. The van der Waals surface area contributed by atoms with Crippen LogP contribution >= 0.6 is 0 Å². The van der Waals surface area contributed by atoms with Crippen molar-refractivity contribution >= 4 is 16.9 Å². The van der Waals surface area contributed by atoms with E-state index in [0.29, 0.717) is 5.52 Å². The zero-order chi connectivity index (χ0) is 20.7. The Bertz CT molecular complexity index is 1020. The summed E-state index contributed by atoms with van der Waals surface area (Å²) >= 11 is 0. The van der Waals surface area contributed by atoms with E-state index in [4.69, 9.17) is 5.11 Å². The van der Waals surface area contributed by atoms with Gasteiger partial charge in [0.25, 0.3) is 0 Å². The molecular formula is C18H11F6NO3. The SMILES string of the molecule is O=C(O)Cc1c(-c2ccc(C(F)(F)F)cc2)[nH]c2ccc(OC(F)(F)F)cc12. The van der Waals surface area contributed by atoms with Crippen LogP contribution in [0.1, 0.15) is 11.1 Å². The molecule has 148 valence electrons. The highest BCUT2D eigenvalue weighted by Crippen LogP contribution is 2.36. The molecule has 0 aliphatic rings. The minimum absolute atomic E-state index is 0.134. The molecule has 0 saturated carbocycles. The van der Waals surface area contributed by atoms with Gasteiger partial charge in [0.1, 0.15) is 5.75 Å². The summed E-state index contributed by atoms with van der Waals surface area (Å²) < 4.78 is 79.4. The standard InChI is InChI=1S/C18H11F6NO3/c19-17(20,21)10-3-1-9(2-4-10)16-13(8-15(26)27)12-7-11(28-18(22,23)24)5-6-14(12)25-16/h1-7,25H,8H2,(H,26,27). The summed E-state index contributed by atoms with van der Waals surface area (Å²) in [6.45, 7) is 0. The first-order valence-corrected chi connectivity index (χ1v) is 7.74. The number of aromatic amines is 1. The number of halogens is 6. The van der Waals surface area contributed by atoms with Crippen LogP contribution in [0.2, 0.25) is 0 Å². The highest BCUT2D eigenvalue weighted by atomic mass is 19.4. The van der Waals surface area contributed by atoms with Crippen LogP contribution in [0.4, 0.5) is 26.3 Å². The van der Waals surface area contributed by atoms with Gasteiger partial charge in [-0.1, -0.05) is 12.1 Å². The predicted molar refractivity (Wildman–Crippen MR) is 86.8 cm³/mol. The van der Waals surface area contributed by atoms with E-state index in [9.17, 15) is 31.1 Å². The summed E-state index contributed by atoms with van der Waals surface area (Å²) in [5, 5.41) is 9.31. The van der Waals surface area contributed by atoms with Gasteiger partial charge in [-0.05, 0) is 41.5 Å². The summed E-state index contributed by atoms with van der Waals surface area (Å²) in [4.78, 5) is 14.1. The fraction of sp³-hybridized carbons (Fsp3) is 0.167. The van der Waals surface area contributed by atoms with Gasteiger partial charge in [0.15, 0.2) is 0 Å². The molecule has 2 N–H and O–H groups in total. The fourth-order valence-electron chi connectivity index (χ4n) is 2.83. The first-order chi connectivity index (χ1) is 12.9. The van der Waals surface area contributed by atoms with Gasteiger partial charge in [0, 0.05) is 10.9 Å². The lowest BCUT2D eigenvalue weighted by molar-refractivity contribution is -0.274. The number of carboxylic acids is 1. The van der Waals surface area contributed by atoms with Crippen LogP contribution in [0.3, 0.4) is 0 Å². The highest BCUT2D eigenvalue weighted by molar-refractivity contribution is 5.94. The number of nitrogens with one attached hydrogen (secondary N) is 1. The second kappa shape index (κ2) is 6.77. The number of carboxylic acid groups (broad SMARTS) is 1. The molecule has 3 aromatic rings. The Hall–Kier alpha value is -3.17. The zero-order valence-electron chi connectivity index (χ0n) is 13.8. The van der Waals surface area contributed by atoms with Gasteiger partial charge >= 0.3 is 18.5 Å². The number of H-pyrrole nitrogens is 1. The van der Waals surface area contributed by atoms with Gasteiger partial charge in [-0.25, -0.2) is 0 Å². The van der Waals surface area contributed by atoms with E-state index >= 15 is 0 Å². The van der Waals surface area contributed by atoms with Crippen LogP contribution in [0.15, 0.2) is 42.5 Å². The molecule has 0 saturated heterocycles. The van der Waals surface area contributed by atoms with Crippen LogP contribution in [-0.2, 0) is 17.4 Å². The largest absolute Gasteiger partial charge is 0.573 e. The second-order valence-electron chi connectivity index (χ2n) is 5.88. The molecule has 0 bridgehead atoms. The lowest BCUT2D eigenvalue weighted by Gasteiger charge is -2.09. The fourth-order valence-corrected chi connectivity index (χ4v) is 2.83. The number of hydrogen-bond acceptors (Lipinski definition) is 2. The van der Waals surface area contributed by atoms with Crippen LogP contribution in [0.25, 0.3) is 22.2 Å². The highest BCUT2D eigenvalue weighted by Gasteiger charge is 2.32. The molecule has 4 nitrogen and oxygen atoms in total. The van der Waals surface area contributed by atoms with E-state index in [2.05, 4.69) is 9.72 Å². The third-order valence-corrected chi connectivity index (χ3v) is 3.94. The number of hydrogen-bond donors (Lipinski definition) is 2. The van der Waals surface area contributed by atoms with E-state index in [1.165, 1.54) is 6.07 Å². The molecule has 0 amide bonds. The smallest absolute Gasteiger partial charge is 0.481 e. The molecule has 0 spiro atoms. The Morgan fingerprint density at radius 2 is 1.64 bits per heavy atom. The average molecular weight is 403 g/mol. The number of rotatable bonds is 4. The molecule has 10 heteroatoms. The van der Waals surface area contributed by atoms with Crippen LogP contribution in [0, 0.1) is 0 Å². The molecule has 1 heterocycles. The maximum absolute atomic E-state index is 12.7. The van der Waals surface area contributed by atoms with Crippen molar-refractivity contribution in [2.45, 2.75) is 19.0 Å². The van der Waals surface area contributed by atoms with E-state index in [1.807, 2.05) is 0 Å². The number of carbonyl (C=O) groups is 1. The maximum atomic E-state index is 12.7. The van der Waals surface area contributed by atoms with Crippen molar-refractivity contribution in [3.63, 3.8) is 0 Å². The Balaban J connectivity index is 2.12. The number of ether oxygens (including phenoxy) is 1. The number of fused-ring (bicyclic) bond motifs is 1. The molecule has 2 aromatic carbocycles. The summed E-state index contributed by atoms with van der Waals surface area (Å²) in [7, 11) is 0. The molecular weight excluding hydrogens is 392 g/mol. The lowest BCUT2D eigenvalue weighted by atomic mass is 10.0. The number of alkyl halides is 6. The molecule has 1 aromatic heterocycles. The molecule has 0 atom stereocenters. The first-order valence-electron chi connectivity index (χ1n) is 7.74. The first kappa shape index (κ1) is 19.6. The minimum atomic E-state index is -4.92. The minimum Gasteiger partial charge on any atom is -0.481 e. The van der Waals surface area contributed by atoms with E-state index in [-0.39, 0.29) is 22.2 Å². The van der Waals surface area contributed by atoms with Crippen molar-refractivity contribution in [1.29, 1.82) is 0 Å². The Morgan fingerprint density at radius 1 is 1.00 bits per heavy atom. The topological polar surface area (TPSA) is 62.3 Å². The predicted octanol–water partition coefficient (Wildman–Crippen LogP) is 5.38. The van der Waals surface area contributed by atoms with E-state index in [1.54, 1.807) is 0 Å². The van der Waals surface area contributed by atoms with Crippen LogP contribution in [-0.4, -0.2) is 22.4 Å². The van der Waals surface area contributed by atoms with E-state index in [0.717, 1.165) is 36.4 Å². The monoisotopic (exact) mass is 403 g/mol. The molecule has 0 aliphatic heterocycles. The number of aromatic nitrogens is 1. The van der Waals surface area contributed by atoms with Crippen molar-refractivity contribution < 1.29 is 41.0 Å². The summed E-state index contributed by atoms with van der Waals surface area (Å²) in [5.41, 5.74) is 0.0394. The molecule has 3 rings (SSSR count). The molecule has 0 aliphatic carbocycles. The lowest BCUT2D eigenvalue weighted by Crippen LogP contribution is -2.17. The quantitative estimate of drug-likeness (QED) is 0.575. The van der Waals surface area contributed by atoms with Gasteiger partial charge in [0.05, 0.1) is 17.7 Å². The van der Waals surface area contributed by atoms with Gasteiger partial charge in [-0.2, -0.15) is 13.2 Å².